The van der Waals surface area contributed by atoms with Crippen LogP contribution in [-0.4, -0.2) is 19.1 Å². The molecule has 2 aromatic carbocycles. The van der Waals surface area contributed by atoms with E-state index in [9.17, 15) is 0 Å². The number of aliphatic imine (C=N–C) groups is 1. The number of nitrogens with zero attached hydrogens (tertiary/aromatic N) is 1. The maximum atomic E-state index is 5.73. The first kappa shape index (κ1) is 16.7. The van der Waals surface area contributed by atoms with Gasteiger partial charge in [-0.15, -0.1) is 0 Å². The lowest BCUT2D eigenvalue weighted by Gasteiger charge is -2.08. The molecule has 0 spiro atoms. The van der Waals surface area contributed by atoms with Gasteiger partial charge >= 0.3 is 0 Å². The molecule has 4 N–H and O–H groups in total. The molecule has 0 aliphatic rings. The largest absolute Gasteiger partial charge is 0.494 e. The van der Waals surface area contributed by atoms with Gasteiger partial charge in [0.05, 0.1) is 6.61 Å². The first-order valence-corrected chi connectivity index (χ1v) is 7.69. The number of hydrogen-bond acceptors (Lipinski definition) is 3. The van der Waals surface area contributed by atoms with Gasteiger partial charge in [-0.25, -0.2) is 0 Å². The lowest BCUT2D eigenvalue weighted by Crippen LogP contribution is -2.23. The summed E-state index contributed by atoms with van der Waals surface area (Å²) in [6.07, 6.45) is 1.80. The molecule has 0 aromatic heterocycles. The Kier molecular flexibility index (Phi) is 6.78. The van der Waals surface area contributed by atoms with Gasteiger partial charge in [0, 0.05) is 6.54 Å². The maximum absolute atomic E-state index is 5.73. The van der Waals surface area contributed by atoms with Crippen molar-refractivity contribution in [3.05, 3.63) is 60.2 Å². The number of benzene rings is 2. The normalized spacial score (nSPS) is 10.1. The average molecular weight is 313 g/mol. The number of rotatable bonds is 9. The van der Waals surface area contributed by atoms with E-state index < -0.39 is 0 Å². The molecule has 122 valence electrons. The Labute approximate surface area is 136 Å². The van der Waals surface area contributed by atoms with Gasteiger partial charge in [0.2, 0.25) is 0 Å². The molecule has 0 atom stereocenters. The van der Waals surface area contributed by atoms with Crippen LogP contribution in [0.15, 0.2) is 59.6 Å². The minimum Gasteiger partial charge on any atom is -0.494 e. The van der Waals surface area contributed by atoms with E-state index in [0.717, 1.165) is 29.9 Å². The van der Waals surface area contributed by atoms with Crippen molar-refractivity contribution in [3.63, 3.8) is 0 Å². The predicted molar refractivity (Wildman–Crippen MR) is 92.6 cm³/mol. The van der Waals surface area contributed by atoms with Gasteiger partial charge in [0.1, 0.15) is 18.1 Å². The Morgan fingerprint density at radius 1 is 0.826 bits per heavy atom. The summed E-state index contributed by atoms with van der Waals surface area (Å²) >= 11 is 0. The summed E-state index contributed by atoms with van der Waals surface area (Å²) < 4.78 is 11.4. The van der Waals surface area contributed by atoms with Gasteiger partial charge in [0.15, 0.2) is 5.96 Å². The summed E-state index contributed by atoms with van der Waals surface area (Å²) in [5.41, 5.74) is 11.7. The Balaban J connectivity index is 1.67. The van der Waals surface area contributed by atoms with E-state index in [1.165, 1.54) is 0 Å². The molecular formula is C18H23N3O2. The van der Waals surface area contributed by atoms with Crippen LogP contribution >= 0.6 is 0 Å². The van der Waals surface area contributed by atoms with Crippen molar-refractivity contribution in [1.29, 1.82) is 0 Å². The molecule has 23 heavy (non-hydrogen) atoms. The number of hydrogen-bond donors (Lipinski definition) is 2. The first-order valence-electron chi connectivity index (χ1n) is 7.69. The SMILES string of the molecule is NC(N)=NCCCCOc1ccc(OCc2ccccc2)cc1. The van der Waals surface area contributed by atoms with Crippen LogP contribution in [0.1, 0.15) is 18.4 Å². The van der Waals surface area contributed by atoms with Crippen molar-refractivity contribution in [2.75, 3.05) is 13.2 Å². The summed E-state index contributed by atoms with van der Waals surface area (Å²) in [5, 5.41) is 0. The fourth-order valence-corrected chi connectivity index (χ4v) is 1.99. The van der Waals surface area contributed by atoms with Crippen LogP contribution in [0.3, 0.4) is 0 Å². The number of guanidine groups is 1. The van der Waals surface area contributed by atoms with Crippen LogP contribution in [0.4, 0.5) is 0 Å². The molecule has 2 aromatic rings. The zero-order valence-corrected chi connectivity index (χ0v) is 13.2. The monoisotopic (exact) mass is 313 g/mol. The molecule has 0 radical (unpaired) electrons. The molecule has 0 saturated heterocycles. The van der Waals surface area contributed by atoms with Gasteiger partial charge in [-0.3, -0.25) is 4.99 Å². The van der Waals surface area contributed by atoms with E-state index >= 15 is 0 Å². The molecule has 0 aliphatic heterocycles. The molecule has 5 nitrogen and oxygen atoms in total. The minimum atomic E-state index is 0.136. The maximum Gasteiger partial charge on any atom is 0.185 e. The van der Waals surface area contributed by atoms with Crippen LogP contribution in [0.25, 0.3) is 0 Å². The van der Waals surface area contributed by atoms with Crippen molar-refractivity contribution in [2.24, 2.45) is 16.5 Å². The zero-order valence-electron chi connectivity index (χ0n) is 13.2. The van der Waals surface area contributed by atoms with Crippen molar-refractivity contribution < 1.29 is 9.47 Å². The lowest BCUT2D eigenvalue weighted by molar-refractivity contribution is 0.298. The van der Waals surface area contributed by atoms with Crippen LogP contribution in [0.5, 0.6) is 11.5 Å². The summed E-state index contributed by atoms with van der Waals surface area (Å²) in [7, 11) is 0. The standard InChI is InChI=1S/C18H23N3O2/c19-18(20)21-12-4-5-13-22-16-8-10-17(11-9-16)23-14-15-6-2-1-3-7-15/h1-3,6-11H,4-5,12-14H2,(H4,19,20,21). The second kappa shape index (κ2) is 9.35. The molecule has 0 saturated carbocycles. The Bertz CT molecular complexity index is 593. The molecule has 2 rings (SSSR count). The Morgan fingerprint density at radius 3 is 2.13 bits per heavy atom. The molecule has 0 bridgehead atoms. The summed E-state index contributed by atoms with van der Waals surface area (Å²) in [6.45, 7) is 1.84. The van der Waals surface area contributed by atoms with E-state index in [2.05, 4.69) is 4.99 Å². The van der Waals surface area contributed by atoms with Crippen molar-refractivity contribution >= 4 is 5.96 Å². The van der Waals surface area contributed by atoms with Gasteiger partial charge in [-0.1, -0.05) is 30.3 Å². The smallest absolute Gasteiger partial charge is 0.185 e. The third-order valence-electron chi connectivity index (χ3n) is 3.19. The highest BCUT2D eigenvalue weighted by Crippen LogP contribution is 2.19. The zero-order chi connectivity index (χ0) is 16.3. The number of unbranched alkanes of at least 4 members (excludes halogenated alkanes) is 1. The molecule has 0 amide bonds. The van der Waals surface area contributed by atoms with Gasteiger partial charge in [-0.05, 0) is 42.7 Å². The Hall–Kier alpha value is -2.69. The second-order valence-electron chi connectivity index (χ2n) is 5.11. The highest BCUT2D eigenvalue weighted by Gasteiger charge is 1.98. The van der Waals surface area contributed by atoms with E-state index in [-0.39, 0.29) is 5.96 Å². The third-order valence-corrected chi connectivity index (χ3v) is 3.19. The third kappa shape index (κ3) is 6.74. The minimum absolute atomic E-state index is 0.136. The molecule has 5 heteroatoms. The molecule has 0 heterocycles. The quantitative estimate of drug-likeness (QED) is 0.423. The van der Waals surface area contributed by atoms with Crippen molar-refractivity contribution in [2.45, 2.75) is 19.4 Å². The van der Waals surface area contributed by atoms with E-state index in [1.54, 1.807) is 0 Å². The summed E-state index contributed by atoms with van der Waals surface area (Å²) in [6, 6.07) is 17.7. The highest BCUT2D eigenvalue weighted by atomic mass is 16.5. The van der Waals surface area contributed by atoms with Crippen LogP contribution in [0.2, 0.25) is 0 Å². The van der Waals surface area contributed by atoms with E-state index in [0.29, 0.717) is 19.8 Å². The second-order valence-corrected chi connectivity index (χ2v) is 5.11. The molecular weight excluding hydrogens is 290 g/mol. The number of ether oxygens (including phenoxy) is 2. The highest BCUT2D eigenvalue weighted by molar-refractivity contribution is 5.75. The van der Waals surface area contributed by atoms with Gasteiger partial charge in [0.25, 0.3) is 0 Å². The Morgan fingerprint density at radius 2 is 1.48 bits per heavy atom. The van der Waals surface area contributed by atoms with Crippen LogP contribution in [-0.2, 0) is 6.61 Å². The van der Waals surface area contributed by atoms with Crippen molar-refractivity contribution in [1.82, 2.24) is 0 Å². The van der Waals surface area contributed by atoms with Gasteiger partial charge in [-0.2, -0.15) is 0 Å². The fourth-order valence-electron chi connectivity index (χ4n) is 1.99. The van der Waals surface area contributed by atoms with Crippen LogP contribution in [0, 0.1) is 0 Å². The van der Waals surface area contributed by atoms with Crippen LogP contribution < -0.4 is 20.9 Å². The fraction of sp³-hybridized carbons (Fsp3) is 0.278. The topological polar surface area (TPSA) is 82.9 Å². The van der Waals surface area contributed by atoms with E-state index in [1.807, 2.05) is 54.6 Å². The predicted octanol–water partition coefficient (Wildman–Crippen LogP) is 2.70. The molecule has 0 fully saturated rings. The summed E-state index contributed by atoms with van der Waals surface area (Å²) in [4.78, 5) is 3.93. The molecule has 0 unspecified atom stereocenters. The summed E-state index contributed by atoms with van der Waals surface area (Å²) in [5.74, 6) is 1.80. The first-order chi connectivity index (χ1) is 11.2. The van der Waals surface area contributed by atoms with E-state index in [4.69, 9.17) is 20.9 Å². The lowest BCUT2D eigenvalue weighted by atomic mass is 10.2. The average Bonchev–Trinajstić information content (AvgIpc) is 2.58. The molecule has 0 aliphatic carbocycles. The van der Waals surface area contributed by atoms with Gasteiger partial charge < -0.3 is 20.9 Å². The van der Waals surface area contributed by atoms with Crippen molar-refractivity contribution in [3.8, 4) is 11.5 Å². The number of nitrogens with two attached hydrogens (primary N) is 2.